The number of para-hydroxylation sites is 2. The molecule has 1 aliphatic carbocycles. The molecule has 3 N–H and O–H groups in total. The summed E-state index contributed by atoms with van der Waals surface area (Å²) in [5, 5.41) is 13.4. The largest absolute Gasteiger partial charge is 0.349 e. The first-order valence-corrected chi connectivity index (χ1v) is 9.43. The van der Waals surface area contributed by atoms with Crippen LogP contribution in [0.1, 0.15) is 47.8 Å². The van der Waals surface area contributed by atoms with Crippen LogP contribution in [0.4, 0.5) is 4.39 Å². The average Bonchev–Trinajstić information content (AvgIpc) is 3.34. The molecule has 2 aromatic heterocycles. The minimum atomic E-state index is -0.504. The van der Waals surface area contributed by atoms with Crippen molar-refractivity contribution in [3.8, 4) is 0 Å². The van der Waals surface area contributed by atoms with Crippen molar-refractivity contribution >= 4 is 28.0 Å². The number of halogens is 1. The van der Waals surface area contributed by atoms with Crippen LogP contribution in [0.25, 0.3) is 22.1 Å². The molecule has 1 aliphatic rings. The molecule has 2 aromatic carbocycles. The monoisotopic (exact) mass is 378 g/mol. The van der Waals surface area contributed by atoms with Crippen molar-refractivity contribution in [2.24, 2.45) is 0 Å². The number of fused-ring (bicyclic) bond motifs is 2. The van der Waals surface area contributed by atoms with Crippen molar-refractivity contribution in [1.82, 2.24) is 30.7 Å². The molecule has 2 atom stereocenters. The Morgan fingerprint density at radius 3 is 2.93 bits per heavy atom. The summed E-state index contributed by atoms with van der Waals surface area (Å²) < 4.78 is 13.8. The number of rotatable bonds is 3. The Bertz CT molecular complexity index is 1130. The molecule has 0 aliphatic heterocycles. The highest BCUT2D eigenvalue weighted by Gasteiger charge is 2.27. The molecule has 0 radical (unpaired) electrons. The summed E-state index contributed by atoms with van der Waals surface area (Å²) in [5.74, 6) is 0.389. The second kappa shape index (κ2) is 6.70. The molecule has 7 nitrogen and oxygen atoms in total. The van der Waals surface area contributed by atoms with Crippen LogP contribution < -0.4 is 5.32 Å². The van der Waals surface area contributed by atoms with Crippen molar-refractivity contribution in [3.05, 3.63) is 53.6 Å². The molecule has 1 fully saturated rings. The van der Waals surface area contributed by atoms with Gasteiger partial charge in [0, 0.05) is 18.0 Å². The van der Waals surface area contributed by atoms with E-state index in [9.17, 15) is 9.18 Å². The zero-order valence-electron chi connectivity index (χ0n) is 15.1. The number of benzene rings is 2. The van der Waals surface area contributed by atoms with Gasteiger partial charge in [-0.2, -0.15) is 15.4 Å². The first-order chi connectivity index (χ1) is 13.7. The zero-order chi connectivity index (χ0) is 19.1. The Kier molecular flexibility index (Phi) is 4.03. The van der Waals surface area contributed by atoms with E-state index < -0.39 is 5.82 Å². The third-order valence-corrected chi connectivity index (χ3v) is 5.44. The van der Waals surface area contributed by atoms with E-state index >= 15 is 0 Å². The van der Waals surface area contributed by atoms with Crippen molar-refractivity contribution in [2.75, 3.05) is 0 Å². The van der Waals surface area contributed by atoms with Crippen LogP contribution in [0.3, 0.4) is 0 Å². The number of hydrogen-bond acceptors (Lipinski definition) is 4. The molecular formula is C20H19FN6O. The number of nitrogens with one attached hydrogen (secondary N) is 3. The van der Waals surface area contributed by atoms with Gasteiger partial charge in [-0.1, -0.05) is 18.6 Å². The van der Waals surface area contributed by atoms with Crippen LogP contribution in [-0.2, 0) is 0 Å². The molecule has 142 valence electrons. The Morgan fingerprint density at radius 2 is 2.04 bits per heavy atom. The van der Waals surface area contributed by atoms with E-state index in [2.05, 4.69) is 25.7 Å². The van der Waals surface area contributed by atoms with Gasteiger partial charge in [-0.25, -0.2) is 9.37 Å². The predicted octanol–water partition coefficient (Wildman–Crippen LogP) is 3.43. The van der Waals surface area contributed by atoms with Gasteiger partial charge in [0.05, 0.1) is 16.6 Å². The summed E-state index contributed by atoms with van der Waals surface area (Å²) in [4.78, 5) is 20.9. The van der Waals surface area contributed by atoms with Gasteiger partial charge in [-0.15, -0.1) is 0 Å². The fourth-order valence-electron chi connectivity index (χ4n) is 4.09. The predicted molar refractivity (Wildman–Crippen MR) is 102 cm³/mol. The van der Waals surface area contributed by atoms with Gasteiger partial charge in [-0.3, -0.25) is 4.79 Å². The maximum atomic E-state index is 13.8. The Morgan fingerprint density at radius 1 is 1.14 bits per heavy atom. The molecule has 2 unspecified atom stereocenters. The van der Waals surface area contributed by atoms with Crippen LogP contribution >= 0.6 is 0 Å². The molecular weight excluding hydrogens is 359 g/mol. The third kappa shape index (κ3) is 3.00. The lowest BCUT2D eigenvalue weighted by molar-refractivity contribution is 0.0925. The van der Waals surface area contributed by atoms with Gasteiger partial charge >= 0.3 is 0 Å². The Hall–Kier alpha value is -3.29. The van der Waals surface area contributed by atoms with Gasteiger partial charge in [0.25, 0.3) is 5.91 Å². The quantitative estimate of drug-likeness (QED) is 0.508. The molecule has 1 amide bonds. The van der Waals surface area contributed by atoms with E-state index in [4.69, 9.17) is 4.98 Å². The summed E-state index contributed by atoms with van der Waals surface area (Å²) >= 11 is 0. The minimum absolute atomic E-state index is 0.00433. The van der Waals surface area contributed by atoms with E-state index in [-0.39, 0.29) is 23.4 Å². The van der Waals surface area contributed by atoms with Crippen molar-refractivity contribution in [2.45, 2.75) is 37.6 Å². The summed E-state index contributed by atoms with van der Waals surface area (Å²) in [5.41, 5.74) is 2.90. The number of carbonyl (C=O) groups is 1. The van der Waals surface area contributed by atoms with Crippen LogP contribution in [0.2, 0.25) is 0 Å². The van der Waals surface area contributed by atoms with Crippen LogP contribution in [-0.4, -0.2) is 37.3 Å². The topological polar surface area (TPSA) is 99.4 Å². The highest BCUT2D eigenvalue weighted by Crippen LogP contribution is 2.32. The fraction of sp³-hybridized carbons (Fsp3) is 0.300. The summed E-state index contributed by atoms with van der Waals surface area (Å²) in [6.07, 6.45) is 3.71. The lowest BCUT2D eigenvalue weighted by Crippen LogP contribution is -2.38. The van der Waals surface area contributed by atoms with Crippen molar-refractivity contribution in [1.29, 1.82) is 0 Å². The SMILES string of the molecule is O=C(NC1CCCC(c2nc3ccccc3[nH]2)C1)c1cc(F)cc2n[nH]nc12. The van der Waals surface area contributed by atoms with Crippen LogP contribution in [0, 0.1) is 5.82 Å². The number of hydrogen-bond donors (Lipinski definition) is 3. The lowest BCUT2D eigenvalue weighted by Gasteiger charge is -2.28. The normalized spacial score (nSPS) is 19.9. The number of carbonyl (C=O) groups excluding carboxylic acids is 1. The molecule has 28 heavy (non-hydrogen) atoms. The first kappa shape index (κ1) is 16.9. The van der Waals surface area contributed by atoms with Crippen LogP contribution in [0.5, 0.6) is 0 Å². The van der Waals surface area contributed by atoms with E-state index in [0.717, 1.165) is 42.5 Å². The fourth-order valence-corrected chi connectivity index (χ4v) is 4.09. The Balaban J connectivity index is 1.35. The molecule has 8 heteroatoms. The van der Waals surface area contributed by atoms with E-state index in [1.165, 1.54) is 12.1 Å². The minimum Gasteiger partial charge on any atom is -0.349 e. The van der Waals surface area contributed by atoms with Gasteiger partial charge in [0.15, 0.2) is 0 Å². The van der Waals surface area contributed by atoms with E-state index in [1.807, 2.05) is 24.3 Å². The zero-order valence-corrected chi connectivity index (χ0v) is 15.1. The second-order valence-electron chi connectivity index (χ2n) is 7.32. The van der Waals surface area contributed by atoms with Gasteiger partial charge in [0.1, 0.15) is 22.7 Å². The Labute approximate surface area is 159 Å². The number of imidazole rings is 1. The van der Waals surface area contributed by atoms with E-state index in [1.54, 1.807) is 0 Å². The highest BCUT2D eigenvalue weighted by atomic mass is 19.1. The van der Waals surface area contributed by atoms with Gasteiger partial charge in [0.2, 0.25) is 0 Å². The number of amides is 1. The molecule has 1 saturated carbocycles. The lowest BCUT2D eigenvalue weighted by atomic mass is 9.85. The van der Waals surface area contributed by atoms with E-state index in [0.29, 0.717) is 11.0 Å². The first-order valence-electron chi connectivity index (χ1n) is 9.43. The van der Waals surface area contributed by atoms with Crippen molar-refractivity contribution < 1.29 is 9.18 Å². The van der Waals surface area contributed by atoms with Crippen LogP contribution in [0.15, 0.2) is 36.4 Å². The maximum Gasteiger partial charge on any atom is 0.253 e. The summed E-state index contributed by atoms with van der Waals surface area (Å²) in [6, 6.07) is 10.4. The van der Waals surface area contributed by atoms with Crippen molar-refractivity contribution in [3.63, 3.8) is 0 Å². The molecule has 0 saturated heterocycles. The molecule has 0 bridgehead atoms. The summed E-state index contributed by atoms with van der Waals surface area (Å²) in [7, 11) is 0. The smallest absolute Gasteiger partial charge is 0.253 e. The average molecular weight is 378 g/mol. The third-order valence-electron chi connectivity index (χ3n) is 5.44. The number of nitrogens with zero attached hydrogens (tertiary/aromatic N) is 3. The molecule has 2 heterocycles. The number of aromatic nitrogens is 5. The number of aromatic amines is 2. The number of H-pyrrole nitrogens is 2. The highest BCUT2D eigenvalue weighted by molar-refractivity contribution is 6.04. The molecule has 5 rings (SSSR count). The van der Waals surface area contributed by atoms with Gasteiger partial charge in [-0.05, 0) is 37.5 Å². The second-order valence-corrected chi connectivity index (χ2v) is 7.32. The molecule has 0 spiro atoms. The maximum absolute atomic E-state index is 13.8. The van der Waals surface area contributed by atoms with Gasteiger partial charge < -0.3 is 10.3 Å². The summed E-state index contributed by atoms with van der Waals surface area (Å²) in [6.45, 7) is 0. The standard InChI is InChI=1S/C20H19FN6O/c21-12-9-14(18-17(10-12)25-27-26-18)20(28)22-13-5-3-4-11(8-13)19-23-15-6-1-2-7-16(15)24-19/h1-2,6-7,9-11,13H,3-5,8H2,(H,22,28)(H,23,24)(H,25,26,27). The molecule has 4 aromatic rings.